The van der Waals surface area contributed by atoms with Gasteiger partial charge in [-0.1, -0.05) is 35.3 Å². The van der Waals surface area contributed by atoms with Crippen LogP contribution >= 0.6 is 23.2 Å². The van der Waals surface area contributed by atoms with Crippen molar-refractivity contribution in [2.45, 2.75) is 9.79 Å². The summed E-state index contributed by atoms with van der Waals surface area (Å²) >= 11 is 12.9. The maximum absolute atomic E-state index is 12.7. The summed E-state index contributed by atoms with van der Waals surface area (Å²) < 4.78 is 143. The van der Waals surface area contributed by atoms with Crippen LogP contribution in [0.5, 0.6) is 0 Å². The number of hydrazone groups is 2. The molecule has 0 saturated carbocycles. The number of ketones is 2. The predicted octanol–water partition coefficient (Wildman–Crippen LogP) is -9.47. The Hall–Kier alpha value is -1.54. The van der Waals surface area contributed by atoms with Crippen LogP contribution in [-0.2, 0) is 40.5 Å². The van der Waals surface area contributed by atoms with E-state index in [-0.39, 0.29) is 140 Å². The molecule has 62 heavy (non-hydrogen) atoms. The van der Waals surface area contributed by atoms with E-state index in [2.05, 4.69) is 21.1 Å². The van der Waals surface area contributed by atoms with E-state index in [1.165, 1.54) is 36.4 Å². The maximum Gasteiger partial charge on any atom is 1.00 e. The molecule has 302 valence electrons. The molecule has 0 aliphatic heterocycles. The molecule has 6 rings (SSSR count). The number of nitrogens with two attached hydrogens (primary N) is 2. The Bertz CT molecular complexity index is 2960. The molecule has 0 radical (unpaired) electrons. The molecule has 0 bridgehead atoms. The van der Waals surface area contributed by atoms with E-state index in [0.717, 1.165) is 0 Å². The Labute approximate surface area is 451 Å². The average Bonchev–Trinajstić information content (AvgIpc) is 3.09. The van der Waals surface area contributed by atoms with Crippen molar-refractivity contribution in [3.63, 3.8) is 0 Å². The van der Waals surface area contributed by atoms with Crippen molar-refractivity contribution in [1.82, 2.24) is 0 Å². The monoisotopic (exact) mass is 1000 g/mol. The van der Waals surface area contributed by atoms with Crippen LogP contribution in [0.25, 0.3) is 11.1 Å². The van der Waals surface area contributed by atoms with Gasteiger partial charge in [0, 0.05) is 34.7 Å². The van der Waals surface area contributed by atoms with Gasteiger partial charge in [0.15, 0.2) is 11.6 Å². The number of anilines is 4. The predicted molar refractivity (Wildman–Crippen MR) is 204 cm³/mol. The van der Waals surface area contributed by atoms with Crippen molar-refractivity contribution in [3.05, 3.63) is 115 Å². The first-order chi connectivity index (χ1) is 26.8. The summed E-state index contributed by atoms with van der Waals surface area (Å²) in [6.45, 7) is 0. The number of hydrogen-bond acceptors (Lipinski definition) is 20. The van der Waals surface area contributed by atoms with E-state index < -0.39 is 117 Å². The van der Waals surface area contributed by atoms with Gasteiger partial charge in [-0.05, 0) is 59.7 Å². The topological polar surface area (TPSA) is 364 Å². The number of rotatable bonds is 9. The molecular weight excluding hydrogens is 984 g/mol. The summed E-state index contributed by atoms with van der Waals surface area (Å²) in [6.07, 6.45) is 0.880. The van der Waals surface area contributed by atoms with Gasteiger partial charge < -0.3 is 29.7 Å². The normalized spacial score (nSPS) is 15.1. The molecule has 2 aliphatic rings. The zero-order valence-electron chi connectivity index (χ0n) is 32.1. The van der Waals surface area contributed by atoms with Gasteiger partial charge >= 0.3 is 118 Å². The van der Waals surface area contributed by atoms with Crippen LogP contribution in [0.15, 0.2) is 103 Å². The molecule has 0 unspecified atom stereocenters. The molecule has 4 aromatic rings. The fraction of sp³-hybridized carbons (Fsp3) is 0. The minimum atomic E-state index is -5.42. The number of benzene rings is 4. The fourth-order valence-electron chi connectivity index (χ4n) is 5.69. The first kappa shape index (κ1) is 56.6. The van der Waals surface area contributed by atoms with Crippen molar-refractivity contribution >= 4 is 109 Å². The molecule has 0 aromatic heterocycles. The number of allylic oxidation sites excluding steroid dienone is 4. The Morgan fingerprint density at radius 3 is 1.10 bits per heavy atom. The van der Waals surface area contributed by atoms with Crippen LogP contribution in [0.2, 0.25) is 10.0 Å². The number of hydrogen-bond donors (Lipinski definition) is 4. The largest absolute Gasteiger partial charge is 1.00 e. The van der Waals surface area contributed by atoms with E-state index in [0.29, 0.717) is 47.5 Å². The molecule has 0 fully saturated rings. The minimum Gasteiger partial charge on any atom is -0.744 e. The third-order valence-electron chi connectivity index (χ3n) is 8.24. The summed E-state index contributed by atoms with van der Waals surface area (Å²) in [5.41, 5.74) is 12.8. The number of nitrogens with one attached hydrogen (secondary N) is 2. The molecule has 4 aromatic carbocycles. The van der Waals surface area contributed by atoms with Gasteiger partial charge in [-0.3, -0.25) is 20.4 Å². The Morgan fingerprint density at radius 1 is 0.500 bits per heavy atom. The number of fused-ring (bicyclic) bond motifs is 2. The van der Waals surface area contributed by atoms with Gasteiger partial charge in [0.2, 0.25) is 0 Å². The van der Waals surface area contributed by atoms with Gasteiger partial charge in [0.1, 0.15) is 51.9 Å². The molecule has 0 heterocycles. The van der Waals surface area contributed by atoms with Crippen LogP contribution < -0.4 is 141 Å². The van der Waals surface area contributed by atoms with Crippen molar-refractivity contribution in [2.24, 2.45) is 10.2 Å². The second kappa shape index (κ2) is 21.0. The number of carbonyl (C=O) groups is 2. The van der Waals surface area contributed by atoms with Crippen LogP contribution in [0.4, 0.5) is 22.7 Å². The summed E-state index contributed by atoms with van der Waals surface area (Å²) in [7, 11) is -21.2. The summed E-state index contributed by atoms with van der Waals surface area (Å²) in [4.78, 5) is 21.2. The van der Waals surface area contributed by atoms with Crippen LogP contribution in [0.3, 0.4) is 0 Å². The van der Waals surface area contributed by atoms with Crippen molar-refractivity contribution in [1.29, 1.82) is 0 Å². The number of halogens is 2. The smallest absolute Gasteiger partial charge is 0.744 e. The van der Waals surface area contributed by atoms with E-state index in [4.69, 9.17) is 34.7 Å². The van der Waals surface area contributed by atoms with Crippen molar-refractivity contribution < 1.29 is 180 Å². The maximum atomic E-state index is 12.7. The third kappa shape index (κ3) is 12.1. The van der Waals surface area contributed by atoms with Crippen LogP contribution in [0.1, 0.15) is 31.8 Å². The number of carbonyl (C=O) groups excluding carboxylic acids is 2. The number of nitrogen functional groups attached to an aromatic ring is 2. The molecule has 0 saturated heterocycles. The zero-order valence-corrected chi connectivity index (χ0v) is 44.9. The van der Waals surface area contributed by atoms with Crippen LogP contribution in [-0.4, -0.2) is 74.9 Å². The molecule has 30 heteroatoms. The van der Waals surface area contributed by atoms with Gasteiger partial charge in [-0.2, -0.15) is 10.2 Å². The Morgan fingerprint density at radius 2 is 0.823 bits per heavy atom. The van der Waals surface area contributed by atoms with Gasteiger partial charge in [-0.25, -0.2) is 33.7 Å². The summed E-state index contributed by atoms with van der Waals surface area (Å²) in [6, 6.07) is 11.0. The van der Waals surface area contributed by atoms with Crippen LogP contribution in [0, 0.1) is 0 Å². The molecule has 0 amide bonds. The molecule has 0 spiro atoms. The first-order valence-corrected chi connectivity index (χ1v) is 21.7. The summed E-state index contributed by atoms with van der Waals surface area (Å²) in [5, 5.41) is 7.66. The fourth-order valence-corrected chi connectivity index (χ4v) is 8.49. The second-order valence-electron chi connectivity index (χ2n) is 12.0. The van der Waals surface area contributed by atoms with E-state index in [9.17, 15) is 61.5 Å². The summed E-state index contributed by atoms with van der Waals surface area (Å²) in [5.74, 6) is -2.15. The standard InChI is InChI=1S/C32H22Cl2N6O14S4.4Na/c33-19-5-13(1-3-23(19)37-39-31-17-7-15(55(43,44)45)9-21(35)29(17)25(41)11-27(31)57(49,50)51)14-2-4-24(20(34)6-14)38-40-32-18-8-16(56(46,47)48)10-22(36)30(18)26(42)12-28(32)58(52,53)54;;;;/h1-12,37-38H,35-36H2,(H,43,44,45)(H,46,47,48)(H,49,50,51)(H,52,53,54);;;;/q;4*+1/p-4/b39-31-,40-32-;;;;. The molecule has 6 N–H and O–H groups in total. The third-order valence-corrected chi connectivity index (χ3v) is 12.2. The molecule has 20 nitrogen and oxygen atoms in total. The van der Waals surface area contributed by atoms with Gasteiger partial charge in [0.25, 0.3) is 0 Å². The molecule has 0 atom stereocenters. The first-order valence-electron chi connectivity index (χ1n) is 15.3. The van der Waals surface area contributed by atoms with Crippen molar-refractivity contribution in [2.75, 3.05) is 22.3 Å². The van der Waals surface area contributed by atoms with E-state index >= 15 is 0 Å². The zero-order chi connectivity index (χ0) is 42.9. The second-order valence-corrected chi connectivity index (χ2v) is 18.2. The average molecular weight is 1000 g/mol. The van der Waals surface area contributed by atoms with Gasteiger partial charge in [-0.15, -0.1) is 0 Å². The minimum absolute atomic E-state index is 0. The molecular formula is C32H18Cl2N6Na4O14S4. The van der Waals surface area contributed by atoms with Crippen molar-refractivity contribution in [3.8, 4) is 11.1 Å². The Balaban J connectivity index is 0.00000331. The van der Waals surface area contributed by atoms with E-state index in [1.807, 2.05) is 0 Å². The molecule has 2 aliphatic carbocycles. The number of nitrogens with zero attached hydrogens (tertiary/aromatic N) is 2. The van der Waals surface area contributed by atoms with E-state index in [1.54, 1.807) is 0 Å². The quantitative estimate of drug-likeness (QED) is 0.0523. The van der Waals surface area contributed by atoms with Gasteiger partial charge in [0.05, 0.1) is 52.1 Å². The Kier molecular flexibility index (Phi) is 19.1. The SMILES string of the molecule is Nc1cc(S(=O)(=O)[O-])cc2c1C(=O)C=C(S(=O)(=O)[O-])/C2=N\Nc1ccc(-c2ccc(N/N=C3\C(S(=O)(=O)[O-])=CC(=O)c4c(N)cc(S(=O)(=O)[O-])cc43)c(Cl)c2)cc1Cl.[Na+].[Na+].[Na+].[Na+].